The Morgan fingerprint density at radius 3 is 2.62 bits per heavy atom. The zero-order chi connectivity index (χ0) is 17.1. The number of hydrogen-bond donors (Lipinski definition) is 0. The van der Waals surface area contributed by atoms with E-state index in [1.54, 1.807) is 17.2 Å². The first-order chi connectivity index (χ1) is 11.6. The van der Waals surface area contributed by atoms with Gasteiger partial charge in [0.2, 0.25) is 11.8 Å². The molecule has 0 aliphatic carbocycles. The van der Waals surface area contributed by atoms with E-state index in [1.807, 2.05) is 24.0 Å². The summed E-state index contributed by atoms with van der Waals surface area (Å²) in [4.78, 5) is 34.3. The van der Waals surface area contributed by atoms with E-state index in [9.17, 15) is 9.59 Å². The van der Waals surface area contributed by atoms with E-state index in [0.29, 0.717) is 38.3 Å². The van der Waals surface area contributed by atoms with Gasteiger partial charge in [-0.05, 0) is 19.1 Å². The van der Waals surface area contributed by atoms with Crippen LogP contribution in [0.15, 0.2) is 18.3 Å². The monoisotopic (exact) mass is 327 g/mol. The van der Waals surface area contributed by atoms with Crippen LogP contribution in [0.3, 0.4) is 0 Å². The largest absolute Gasteiger partial charge is 0.367 e. The zero-order valence-corrected chi connectivity index (χ0v) is 13.8. The van der Waals surface area contributed by atoms with Gasteiger partial charge in [0, 0.05) is 45.7 Å². The molecule has 0 radical (unpaired) electrons. The summed E-state index contributed by atoms with van der Waals surface area (Å²) in [5.74, 6) is -0.0179. The van der Waals surface area contributed by atoms with E-state index in [0.717, 1.165) is 18.8 Å². The number of anilines is 1. The van der Waals surface area contributed by atoms with E-state index in [1.165, 1.54) is 0 Å². The number of nitriles is 1. The Morgan fingerprint density at radius 1 is 1.33 bits per heavy atom. The third kappa shape index (κ3) is 3.18. The standard InChI is InChI=1S/C17H21N5O2/c1-2-20-12-13(9-16(20)23)17(24)22-7-5-21(6-8-22)15-4-3-14(10-18)19-11-15/h3-4,11,13H,2,5-9,12H2,1H3/t13-/m0/s1. The molecule has 2 saturated heterocycles. The van der Waals surface area contributed by atoms with E-state index < -0.39 is 0 Å². The summed E-state index contributed by atoms with van der Waals surface area (Å²) in [6.07, 6.45) is 2.04. The van der Waals surface area contributed by atoms with Crippen molar-refractivity contribution >= 4 is 17.5 Å². The molecule has 2 aliphatic rings. The van der Waals surface area contributed by atoms with Gasteiger partial charge in [0.25, 0.3) is 0 Å². The van der Waals surface area contributed by atoms with Crippen molar-refractivity contribution in [3.63, 3.8) is 0 Å². The molecule has 7 nitrogen and oxygen atoms in total. The normalized spacial score (nSPS) is 21.1. The molecule has 2 fully saturated rings. The smallest absolute Gasteiger partial charge is 0.228 e. The highest BCUT2D eigenvalue weighted by atomic mass is 16.2. The van der Waals surface area contributed by atoms with Crippen molar-refractivity contribution in [2.45, 2.75) is 13.3 Å². The van der Waals surface area contributed by atoms with Crippen LogP contribution in [-0.4, -0.2) is 65.9 Å². The lowest BCUT2D eigenvalue weighted by Crippen LogP contribution is -2.50. The van der Waals surface area contributed by atoms with Gasteiger partial charge in [-0.15, -0.1) is 0 Å². The molecule has 1 aromatic heterocycles. The summed E-state index contributed by atoms with van der Waals surface area (Å²) < 4.78 is 0. The zero-order valence-electron chi connectivity index (χ0n) is 13.8. The maximum Gasteiger partial charge on any atom is 0.228 e. The quantitative estimate of drug-likeness (QED) is 0.806. The third-order valence-electron chi connectivity index (χ3n) is 4.76. The third-order valence-corrected chi connectivity index (χ3v) is 4.76. The molecule has 0 saturated carbocycles. The summed E-state index contributed by atoms with van der Waals surface area (Å²) in [7, 11) is 0. The van der Waals surface area contributed by atoms with Crippen LogP contribution in [0, 0.1) is 17.2 Å². The highest BCUT2D eigenvalue weighted by Crippen LogP contribution is 2.22. The first-order valence-corrected chi connectivity index (χ1v) is 8.30. The lowest BCUT2D eigenvalue weighted by atomic mass is 10.1. The number of amides is 2. The van der Waals surface area contributed by atoms with Crippen molar-refractivity contribution in [2.75, 3.05) is 44.2 Å². The Hall–Kier alpha value is -2.62. The number of nitrogens with zero attached hydrogens (tertiary/aromatic N) is 5. The molecular formula is C17H21N5O2. The second-order valence-electron chi connectivity index (χ2n) is 6.16. The molecule has 7 heteroatoms. The number of aromatic nitrogens is 1. The van der Waals surface area contributed by atoms with E-state index in [2.05, 4.69) is 9.88 Å². The van der Waals surface area contributed by atoms with E-state index in [-0.39, 0.29) is 17.7 Å². The Morgan fingerprint density at radius 2 is 2.08 bits per heavy atom. The van der Waals surface area contributed by atoms with E-state index in [4.69, 9.17) is 5.26 Å². The second kappa shape index (κ2) is 6.87. The number of carbonyl (C=O) groups excluding carboxylic acids is 2. The second-order valence-corrected chi connectivity index (χ2v) is 6.16. The fraction of sp³-hybridized carbons (Fsp3) is 0.529. The summed E-state index contributed by atoms with van der Waals surface area (Å²) in [5.41, 5.74) is 1.37. The van der Waals surface area contributed by atoms with Gasteiger partial charge in [-0.2, -0.15) is 5.26 Å². The first-order valence-electron chi connectivity index (χ1n) is 8.30. The molecule has 0 bridgehead atoms. The highest BCUT2D eigenvalue weighted by molar-refractivity contribution is 5.89. The molecule has 0 aromatic carbocycles. The molecule has 126 valence electrons. The minimum absolute atomic E-state index is 0.0816. The van der Waals surface area contributed by atoms with Crippen molar-refractivity contribution in [3.05, 3.63) is 24.0 Å². The summed E-state index contributed by atoms with van der Waals surface area (Å²) in [6.45, 7) is 5.92. The molecule has 2 aliphatic heterocycles. The van der Waals surface area contributed by atoms with Gasteiger partial charge in [-0.3, -0.25) is 9.59 Å². The average Bonchev–Trinajstić information content (AvgIpc) is 3.02. The number of rotatable bonds is 3. The lowest BCUT2D eigenvalue weighted by Gasteiger charge is -2.37. The number of pyridine rings is 1. The molecule has 2 amide bonds. The van der Waals surface area contributed by atoms with Gasteiger partial charge < -0.3 is 14.7 Å². The van der Waals surface area contributed by atoms with Gasteiger partial charge in [0.1, 0.15) is 11.8 Å². The maximum atomic E-state index is 12.6. The van der Waals surface area contributed by atoms with Crippen molar-refractivity contribution in [2.24, 2.45) is 5.92 Å². The van der Waals surface area contributed by atoms with Crippen LogP contribution in [-0.2, 0) is 9.59 Å². The van der Waals surface area contributed by atoms with Crippen LogP contribution in [0.5, 0.6) is 0 Å². The molecule has 1 aromatic rings. The fourth-order valence-corrected chi connectivity index (χ4v) is 3.33. The SMILES string of the molecule is CCN1C[C@@H](C(=O)N2CCN(c3ccc(C#N)nc3)CC2)CC1=O. The Kier molecular flexibility index (Phi) is 4.65. The maximum absolute atomic E-state index is 12.6. The average molecular weight is 327 g/mol. The molecule has 1 atom stereocenters. The number of likely N-dealkylation sites (tertiary alicyclic amines) is 1. The van der Waals surface area contributed by atoms with Crippen LogP contribution in [0.1, 0.15) is 19.0 Å². The van der Waals surface area contributed by atoms with Crippen LogP contribution in [0.25, 0.3) is 0 Å². The topological polar surface area (TPSA) is 80.5 Å². The van der Waals surface area contributed by atoms with Gasteiger partial charge in [-0.25, -0.2) is 4.98 Å². The molecule has 24 heavy (non-hydrogen) atoms. The molecular weight excluding hydrogens is 306 g/mol. The van der Waals surface area contributed by atoms with Crippen molar-refractivity contribution in [1.82, 2.24) is 14.8 Å². The van der Waals surface area contributed by atoms with Crippen molar-refractivity contribution < 1.29 is 9.59 Å². The van der Waals surface area contributed by atoms with Crippen molar-refractivity contribution in [3.8, 4) is 6.07 Å². The van der Waals surface area contributed by atoms with Gasteiger partial charge in [-0.1, -0.05) is 0 Å². The molecule has 0 N–H and O–H groups in total. The Labute approximate surface area is 141 Å². The van der Waals surface area contributed by atoms with E-state index >= 15 is 0 Å². The van der Waals surface area contributed by atoms with Crippen LogP contribution in [0.2, 0.25) is 0 Å². The van der Waals surface area contributed by atoms with Crippen LogP contribution >= 0.6 is 0 Å². The minimum atomic E-state index is -0.194. The van der Waals surface area contributed by atoms with Crippen molar-refractivity contribution in [1.29, 1.82) is 5.26 Å². The number of carbonyl (C=O) groups is 2. The minimum Gasteiger partial charge on any atom is -0.367 e. The number of piperazine rings is 1. The Bertz CT molecular complexity index is 659. The molecule has 3 heterocycles. The fourth-order valence-electron chi connectivity index (χ4n) is 3.33. The van der Waals surface area contributed by atoms with Crippen LogP contribution < -0.4 is 4.90 Å². The summed E-state index contributed by atoms with van der Waals surface area (Å²) >= 11 is 0. The van der Waals surface area contributed by atoms with Gasteiger partial charge >= 0.3 is 0 Å². The molecule has 3 rings (SSSR count). The number of hydrogen-bond acceptors (Lipinski definition) is 5. The first kappa shape index (κ1) is 16.2. The van der Waals surface area contributed by atoms with Crippen LogP contribution in [0.4, 0.5) is 5.69 Å². The predicted molar refractivity (Wildman–Crippen MR) is 88.1 cm³/mol. The lowest BCUT2D eigenvalue weighted by molar-refractivity contribution is -0.136. The highest BCUT2D eigenvalue weighted by Gasteiger charge is 2.36. The summed E-state index contributed by atoms with van der Waals surface area (Å²) in [6, 6.07) is 5.60. The van der Waals surface area contributed by atoms with Gasteiger partial charge in [0.05, 0.1) is 17.8 Å². The molecule has 0 spiro atoms. The van der Waals surface area contributed by atoms with Gasteiger partial charge in [0.15, 0.2) is 0 Å². The predicted octanol–water partition coefficient (Wildman–Crippen LogP) is 0.470. The summed E-state index contributed by atoms with van der Waals surface area (Å²) in [5, 5.41) is 8.80. The molecule has 0 unspecified atom stereocenters. The Balaban J connectivity index is 1.56.